The van der Waals surface area contributed by atoms with Crippen molar-refractivity contribution >= 4 is 37.5 Å². The normalized spacial score (nSPS) is 15.4. The van der Waals surface area contributed by atoms with Gasteiger partial charge in [-0.25, -0.2) is 8.42 Å². The Kier molecular flexibility index (Phi) is 5.68. The van der Waals surface area contributed by atoms with E-state index in [9.17, 15) is 28.4 Å². The number of rotatable bonds is 4. The maximum Gasteiger partial charge on any atom is 0.310 e. The van der Waals surface area contributed by atoms with Crippen LogP contribution in [0.4, 0.5) is 5.69 Å². The van der Waals surface area contributed by atoms with Gasteiger partial charge in [0.05, 0.1) is 9.82 Å². The van der Waals surface area contributed by atoms with Gasteiger partial charge in [-0.15, -0.1) is 0 Å². The molecule has 1 aliphatic rings. The highest BCUT2D eigenvalue weighted by Gasteiger charge is 2.31. The third-order valence-electron chi connectivity index (χ3n) is 4.38. The third kappa shape index (κ3) is 4.01. The molecule has 148 valence electrons. The van der Waals surface area contributed by atoms with Crippen molar-refractivity contribution in [2.75, 3.05) is 26.2 Å². The largest absolute Gasteiger partial charge is 0.502 e. The maximum absolute atomic E-state index is 12.7. The summed E-state index contributed by atoms with van der Waals surface area (Å²) >= 11 is 3.25. The minimum absolute atomic E-state index is 0.103. The molecule has 1 amide bonds. The van der Waals surface area contributed by atoms with Crippen LogP contribution in [-0.4, -0.2) is 59.7 Å². The quantitative estimate of drug-likeness (QED) is 0.540. The summed E-state index contributed by atoms with van der Waals surface area (Å²) in [6.07, 6.45) is 0. The van der Waals surface area contributed by atoms with Gasteiger partial charge in [0.15, 0.2) is 5.75 Å². The lowest BCUT2D eigenvalue weighted by Gasteiger charge is -2.34. The lowest BCUT2D eigenvalue weighted by Crippen LogP contribution is -2.50. The molecular weight excluding hydrogens is 454 g/mol. The molecule has 0 aromatic heterocycles. The van der Waals surface area contributed by atoms with Crippen LogP contribution in [0.25, 0.3) is 0 Å². The molecule has 1 aliphatic heterocycles. The van der Waals surface area contributed by atoms with Crippen molar-refractivity contribution in [3.05, 3.63) is 62.6 Å². The number of hydrogen-bond acceptors (Lipinski definition) is 6. The van der Waals surface area contributed by atoms with Crippen LogP contribution >= 0.6 is 15.9 Å². The number of phenolic OH excluding ortho intramolecular Hbond substituents is 1. The van der Waals surface area contributed by atoms with Crippen molar-refractivity contribution < 1.29 is 23.2 Å². The Bertz CT molecular complexity index is 1030. The topological polar surface area (TPSA) is 121 Å². The predicted molar refractivity (Wildman–Crippen MR) is 104 cm³/mol. The number of benzene rings is 2. The Morgan fingerprint density at radius 3 is 2.36 bits per heavy atom. The summed E-state index contributed by atoms with van der Waals surface area (Å²) in [4.78, 5) is 24.2. The summed E-state index contributed by atoms with van der Waals surface area (Å²) in [5.41, 5.74) is -0.382. The van der Waals surface area contributed by atoms with Crippen LogP contribution < -0.4 is 0 Å². The SMILES string of the molecule is O=C(c1ccc([N+](=O)[O-])c(O)c1)N1CCN(S(=O)(=O)c2cccc(Br)c2)CC1. The molecule has 28 heavy (non-hydrogen) atoms. The van der Waals surface area contributed by atoms with Gasteiger partial charge in [0.2, 0.25) is 10.0 Å². The number of sulfonamides is 1. The molecule has 0 spiro atoms. The van der Waals surface area contributed by atoms with Gasteiger partial charge in [0, 0.05) is 42.3 Å². The van der Waals surface area contributed by atoms with Gasteiger partial charge in [-0.3, -0.25) is 14.9 Å². The first kappa shape index (κ1) is 20.2. The first-order valence-corrected chi connectivity index (χ1v) is 10.5. The molecule has 3 rings (SSSR count). The molecule has 0 bridgehead atoms. The summed E-state index contributed by atoms with van der Waals surface area (Å²) in [7, 11) is -3.67. The predicted octanol–water partition coefficient (Wildman–Crippen LogP) is 2.21. The summed E-state index contributed by atoms with van der Waals surface area (Å²) in [6.45, 7) is 0.590. The zero-order valence-electron chi connectivity index (χ0n) is 14.5. The molecule has 0 saturated carbocycles. The van der Waals surface area contributed by atoms with E-state index < -0.39 is 32.3 Å². The smallest absolute Gasteiger partial charge is 0.310 e. The minimum Gasteiger partial charge on any atom is -0.502 e. The van der Waals surface area contributed by atoms with Gasteiger partial charge in [0.25, 0.3) is 5.91 Å². The molecule has 0 atom stereocenters. The van der Waals surface area contributed by atoms with Crippen molar-refractivity contribution in [1.82, 2.24) is 9.21 Å². The molecule has 11 heteroatoms. The second kappa shape index (κ2) is 7.86. The van der Waals surface area contributed by atoms with E-state index in [-0.39, 0.29) is 36.6 Å². The number of halogens is 1. The molecule has 0 aliphatic carbocycles. The molecule has 0 unspecified atom stereocenters. The number of nitro groups is 1. The van der Waals surface area contributed by atoms with Crippen molar-refractivity contribution in [3.63, 3.8) is 0 Å². The zero-order chi connectivity index (χ0) is 20.5. The second-order valence-corrected chi connectivity index (χ2v) is 8.97. The molecule has 1 fully saturated rings. The lowest BCUT2D eigenvalue weighted by molar-refractivity contribution is -0.385. The van der Waals surface area contributed by atoms with Crippen LogP contribution in [0.5, 0.6) is 5.75 Å². The monoisotopic (exact) mass is 469 g/mol. The van der Waals surface area contributed by atoms with Gasteiger partial charge in [0.1, 0.15) is 0 Å². The number of nitrogens with zero attached hydrogens (tertiary/aromatic N) is 3. The van der Waals surface area contributed by atoms with Gasteiger partial charge in [-0.1, -0.05) is 22.0 Å². The average molecular weight is 470 g/mol. The first-order valence-electron chi connectivity index (χ1n) is 8.22. The zero-order valence-corrected chi connectivity index (χ0v) is 16.9. The van der Waals surface area contributed by atoms with Crippen LogP contribution in [0.1, 0.15) is 10.4 Å². The van der Waals surface area contributed by atoms with Gasteiger partial charge in [-0.2, -0.15) is 4.31 Å². The molecule has 1 saturated heterocycles. The summed E-state index contributed by atoms with van der Waals surface area (Å²) < 4.78 is 27.4. The number of nitro benzene ring substituents is 1. The number of amides is 1. The number of carbonyl (C=O) groups is 1. The standard InChI is InChI=1S/C17H16BrN3O6S/c18-13-2-1-3-14(11-13)28(26,27)20-8-6-19(7-9-20)17(23)12-4-5-15(21(24)25)16(22)10-12/h1-5,10-11,22H,6-9H2. The Morgan fingerprint density at radius 1 is 1.11 bits per heavy atom. The Labute approximate surface area is 169 Å². The van der Waals surface area contributed by atoms with Crippen molar-refractivity contribution in [3.8, 4) is 5.75 Å². The third-order valence-corrected chi connectivity index (χ3v) is 6.77. The van der Waals surface area contributed by atoms with E-state index in [0.717, 1.165) is 12.1 Å². The highest BCUT2D eigenvalue weighted by atomic mass is 79.9. The molecular formula is C17H16BrN3O6S. The molecule has 2 aromatic carbocycles. The fourth-order valence-electron chi connectivity index (χ4n) is 2.90. The molecule has 2 aromatic rings. The van der Waals surface area contributed by atoms with E-state index in [1.165, 1.54) is 27.4 Å². The maximum atomic E-state index is 12.7. The van der Waals surface area contributed by atoms with E-state index in [1.807, 2.05) is 0 Å². The van der Waals surface area contributed by atoms with Gasteiger partial charge < -0.3 is 10.0 Å². The first-order chi connectivity index (χ1) is 13.2. The number of phenols is 1. The van der Waals surface area contributed by atoms with E-state index in [2.05, 4.69) is 15.9 Å². The highest BCUT2D eigenvalue weighted by Crippen LogP contribution is 2.27. The lowest BCUT2D eigenvalue weighted by atomic mass is 10.1. The van der Waals surface area contributed by atoms with E-state index >= 15 is 0 Å². The number of aromatic hydroxyl groups is 1. The van der Waals surface area contributed by atoms with E-state index in [4.69, 9.17) is 0 Å². The van der Waals surface area contributed by atoms with Crippen molar-refractivity contribution in [1.29, 1.82) is 0 Å². The molecule has 0 radical (unpaired) electrons. The highest BCUT2D eigenvalue weighted by molar-refractivity contribution is 9.10. The Balaban J connectivity index is 1.70. The minimum atomic E-state index is -3.67. The average Bonchev–Trinajstić information content (AvgIpc) is 2.67. The van der Waals surface area contributed by atoms with Gasteiger partial charge in [-0.05, 0) is 30.3 Å². The van der Waals surface area contributed by atoms with Crippen LogP contribution in [0.2, 0.25) is 0 Å². The Morgan fingerprint density at radius 2 is 1.79 bits per heavy atom. The fourth-order valence-corrected chi connectivity index (χ4v) is 4.92. The van der Waals surface area contributed by atoms with Crippen LogP contribution in [-0.2, 0) is 10.0 Å². The van der Waals surface area contributed by atoms with E-state index in [1.54, 1.807) is 12.1 Å². The Hall–Kier alpha value is -2.50. The summed E-state index contributed by atoms with van der Waals surface area (Å²) in [6, 6.07) is 9.78. The second-order valence-electron chi connectivity index (χ2n) is 6.11. The molecule has 1 N–H and O–H groups in total. The van der Waals surface area contributed by atoms with Crippen LogP contribution in [0.15, 0.2) is 51.8 Å². The van der Waals surface area contributed by atoms with Crippen molar-refractivity contribution in [2.24, 2.45) is 0 Å². The van der Waals surface area contributed by atoms with E-state index in [0.29, 0.717) is 4.47 Å². The molecule has 1 heterocycles. The molecule has 9 nitrogen and oxygen atoms in total. The fraction of sp³-hybridized carbons (Fsp3) is 0.235. The summed E-state index contributed by atoms with van der Waals surface area (Å²) in [5.74, 6) is -1.02. The summed E-state index contributed by atoms with van der Waals surface area (Å²) in [5, 5.41) is 20.5. The number of hydrogen-bond donors (Lipinski definition) is 1. The van der Waals surface area contributed by atoms with Crippen LogP contribution in [0.3, 0.4) is 0 Å². The van der Waals surface area contributed by atoms with Crippen molar-refractivity contribution in [2.45, 2.75) is 4.90 Å². The number of carbonyl (C=O) groups excluding carboxylic acids is 1. The number of piperazine rings is 1. The van der Waals surface area contributed by atoms with Gasteiger partial charge >= 0.3 is 5.69 Å². The van der Waals surface area contributed by atoms with Crippen LogP contribution in [0, 0.1) is 10.1 Å².